The van der Waals surface area contributed by atoms with Crippen molar-refractivity contribution in [2.75, 3.05) is 13.2 Å². The van der Waals surface area contributed by atoms with Crippen molar-refractivity contribution in [1.82, 2.24) is 15.0 Å². The SMILES string of the molecule is Oc1cccc(F)c1-c1ccc(-c2nc3nc(O[C@@H]4CO[C@H]5[C@@H]4OC[C@H]5O)[nH]c3cc2Cl)cc1. The maximum atomic E-state index is 14.2. The predicted molar refractivity (Wildman–Crippen MR) is 121 cm³/mol. The molecule has 0 radical (unpaired) electrons. The van der Waals surface area contributed by atoms with Gasteiger partial charge in [-0.05, 0) is 23.8 Å². The molecule has 4 heterocycles. The highest BCUT2D eigenvalue weighted by Crippen LogP contribution is 2.35. The van der Waals surface area contributed by atoms with Crippen LogP contribution in [0.25, 0.3) is 33.5 Å². The second kappa shape index (κ2) is 8.21. The number of aromatic amines is 1. The van der Waals surface area contributed by atoms with Gasteiger partial charge in [-0.3, -0.25) is 0 Å². The van der Waals surface area contributed by atoms with E-state index in [0.29, 0.717) is 33.0 Å². The molecule has 0 saturated carbocycles. The molecule has 0 amide bonds. The smallest absolute Gasteiger partial charge is 0.296 e. The van der Waals surface area contributed by atoms with Crippen molar-refractivity contribution in [2.45, 2.75) is 24.4 Å². The second-order valence-electron chi connectivity index (χ2n) is 8.26. The first-order valence-corrected chi connectivity index (χ1v) is 11.1. The third kappa shape index (κ3) is 3.57. The molecule has 0 bridgehead atoms. The van der Waals surface area contributed by atoms with Crippen molar-refractivity contribution in [3.05, 3.63) is 59.4 Å². The number of hydrogen-bond acceptors (Lipinski definition) is 7. The van der Waals surface area contributed by atoms with Gasteiger partial charge < -0.3 is 29.4 Å². The topological polar surface area (TPSA) is 110 Å². The Balaban J connectivity index is 1.27. The summed E-state index contributed by atoms with van der Waals surface area (Å²) in [6.45, 7) is 0.498. The lowest BCUT2D eigenvalue weighted by Crippen LogP contribution is -2.34. The van der Waals surface area contributed by atoms with Crippen molar-refractivity contribution in [3.8, 4) is 34.1 Å². The van der Waals surface area contributed by atoms with E-state index < -0.39 is 24.1 Å². The van der Waals surface area contributed by atoms with Crippen molar-refractivity contribution >= 4 is 22.8 Å². The Morgan fingerprint density at radius 2 is 1.79 bits per heavy atom. The van der Waals surface area contributed by atoms with Crippen LogP contribution >= 0.6 is 11.6 Å². The molecule has 0 spiro atoms. The number of benzene rings is 2. The molecule has 174 valence electrons. The van der Waals surface area contributed by atoms with E-state index in [1.807, 2.05) is 0 Å². The van der Waals surface area contributed by atoms with Gasteiger partial charge in [-0.2, -0.15) is 4.98 Å². The van der Waals surface area contributed by atoms with Crippen LogP contribution in [0.15, 0.2) is 48.5 Å². The molecule has 2 aromatic heterocycles. The fourth-order valence-corrected chi connectivity index (χ4v) is 4.70. The average molecular weight is 484 g/mol. The van der Waals surface area contributed by atoms with Crippen LogP contribution < -0.4 is 4.74 Å². The lowest BCUT2D eigenvalue weighted by molar-refractivity contribution is 0.00706. The molecule has 2 aliphatic heterocycles. The fourth-order valence-electron chi connectivity index (χ4n) is 4.44. The Kier molecular flexibility index (Phi) is 5.14. The van der Waals surface area contributed by atoms with E-state index in [1.165, 1.54) is 18.2 Å². The van der Waals surface area contributed by atoms with Gasteiger partial charge in [-0.1, -0.05) is 41.9 Å². The fraction of sp³-hybridized carbons (Fsp3) is 0.250. The van der Waals surface area contributed by atoms with Crippen LogP contribution in [0.1, 0.15) is 0 Å². The lowest BCUT2D eigenvalue weighted by atomic mass is 10.0. The third-order valence-electron chi connectivity index (χ3n) is 6.09. The Bertz CT molecular complexity index is 1360. The van der Waals surface area contributed by atoms with Crippen molar-refractivity contribution in [1.29, 1.82) is 0 Å². The number of aliphatic hydroxyl groups excluding tert-OH is 1. The second-order valence-corrected chi connectivity index (χ2v) is 8.67. The highest BCUT2D eigenvalue weighted by Gasteiger charge is 2.48. The summed E-state index contributed by atoms with van der Waals surface area (Å²) < 4.78 is 31.3. The molecule has 0 aliphatic carbocycles. The molecule has 34 heavy (non-hydrogen) atoms. The average Bonchev–Trinajstić information content (AvgIpc) is 3.50. The van der Waals surface area contributed by atoms with Gasteiger partial charge in [0, 0.05) is 5.56 Å². The molecule has 2 saturated heterocycles. The summed E-state index contributed by atoms with van der Waals surface area (Å²) in [6.07, 6.45) is -1.82. The van der Waals surface area contributed by atoms with Crippen molar-refractivity contribution < 1.29 is 28.8 Å². The maximum absolute atomic E-state index is 14.2. The van der Waals surface area contributed by atoms with Gasteiger partial charge in [-0.15, -0.1) is 0 Å². The number of imidazole rings is 1. The van der Waals surface area contributed by atoms with E-state index >= 15 is 0 Å². The zero-order valence-electron chi connectivity index (χ0n) is 17.6. The number of aromatic hydroxyl groups is 1. The molecule has 8 nitrogen and oxygen atoms in total. The number of aliphatic hydroxyl groups is 1. The summed E-state index contributed by atoms with van der Waals surface area (Å²) in [5.41, 5.74) is 2.88. The lowest BCUT2D eigenvalue weighted by Gasteiger charge is -2.15. The van der Waals surface area contributed by atoms with Gasteiger partial charge in [0.15, 0.2) is 11.8 Å². The van der Waals surface area contributed by atoms with E-state index in [9.17, 15) is 14.6 Å². The molecule has 0 unspecified atom stereocenters. The van der Waals surface area contributed by atoms with Gasteiger partial charge in [0.05, 0.1) is 35.0 Å². The number of hydrogen-bond donors (Lipinski definition) is 3. The molecule has 10 heteroatoms. The number of fused-ring (bicyclic) bond motifs is 2. The van der Waals surface area contributed by atoms with Crippen LogP contribution in [0.3, 0.4) is 0 Å². The number of phenols is 1. The van der Waals surface area contributed by atoms with Gasteiger partial charge in [0.1, 0.15) is 29.9 Å². The Morgan fingerprint density at radius 3 is 2.59 bits per heavy atom. The summed E-state index contributed by atoms with van der Waals surface area (Å²) in [6, 6.07) is 13.0. The number of rotatable bonds is 4. The quantitative estimate of drug-likeness (QED) is 0.406. The highest BCUT2D eigenvalue weighted by atomic mass is 35.5. The van der Waals surface area contributed by atoms with Crippen molar-refractivity contribution in [3.63, 3.8) is 0 Å². The largest absolute Gasteiger partial charge is 0.507 e. The molecule has 2 fully saturated rings. The number of phenolic OH excluding ortho intramolecular Hbond substituents is 1. The third-order valence-corrected chi connectivity index (χ3v) is 6.38. The number of nitrogens with zero attached hydrogens (tertiary/aromatic N) is 2. The van der Waals surface area contributed by atoms with E-state index in [2.05, 4.69) is 15.0 Å². The van der Waals surface area contributed by atoms with Crippen LogP contribution in [0.4, 0.5) is 4.39 Å². The highest BCUT2D eigenvalue weighted by molar-refractivity contribution is 6.33. The van der Waals surface area contributed by atoms with Crippen LogP contribution in [-0.2, 0) is 9.47 Å². The maximum Gasteiger partial charge on any atom is 0.296 e. The molecular formula is C24H19ClFN3O5. The van der Waals surface area contributed by atoms with E-state index in [4.69, 9.17) is 25.8 Å². The summed E-state index contributed by atoms with van der Waals surface area (Å²) in [5.74, 6) is -0.642. The van der Waals surface area contributed by atoms with Gasteiger partial charge in [-0.25, -0.2) is 9.37 Å². The summed E-state index contributed by atoms with van der Waals surface area (Å²) in [5, 5.41) is 20.3. The minimum Gasteiger partial charge on any atom is -0.507 e. The van der Waals surface area contributed by atoms with E-state index in [0.717, 1.165) is 0 Å². The molecule has 4 atom stereocenters. The van der Waals surface area contributed by atoms with Crippen LogP contribution in [-0.4, -0.2) is 62.8 Å². The normalized spacial score (nSPS) is 24.0. The van der Waals surface area contributed by atoms with E-state index in [1.54, 1.807) is 30.3 Å². The molecule has 2 aromatic carbocycles. The monoisotopic (exact) mass is 483 g/mol. The number of nitrogens with one attached hydrogen (secondary N) is 1. The molecule has 6 rings (SSSR count). The zero-order valence-corrected chi connectivity index (χ0v) is 18.4. The molecule has 3 N–H and O–H groups in total. The van der Waals surface area contributed by atoms with Gasteiger partial charge >= 0.3 is 0 Å². The molecular weight excluding hydrogens is 465 g/mol. The van der Waals surface area contributed by atoms with Crippen LogP contribution in [0, 0.1) is 5.82 Å². The minimum absolute atomic E-state index is 0.133. The number of halogens is 2. The Morgan fingerprint density at radius 1 is 1.03 bits per heavy atom. The standard InChI is InChI=1S/C24H19ClFN3O5/c25-13-8-15-23(29-24(27-15)34-18-10-33-21-17(31)9-32-22(18)21)28-20(13)12-6-4-11(5-7-12)19-14(26)2-1-3-16(19)30/h1-8,17-18,21-22,30-31H,9-10H2,(H,27,28,29)/t17-,18-,21-,22-/m1/s1. The number of ether oxygens (including phenoxy) is 3. The molecule has 4 aromatic rings. The Hall–Kier alpha value is -3.24. The number of H-pyrrole nitrogens is 1. The number of pyridine rings is 1. The summed E-state index contributed by atoms with van der Waals surface area (Å²) in [4.78, 5) is 12.1. The first-order chi connectivity index (χ1) is 16.5. The summed E-state index contributed by atoms with van der Waals surface area (Å²) >= 11 is 6.49. The summed E-state index contributed by atoms with van der Waals surface area (Å²) in [7, 11) is 0. The Labute approximate surface area is 197 Å². The first kappa shape index (κ1) is 21.3. The van der Waals surface area contributed by atoms with Crippen molar-refractivity contribution in [2.24, 2.45) is 0 Å². The first-order valence-electron chi connectivity index (χ1n) is 10.7. The minimum atomic E-state index is -0.661. The van der Waals surface area contributed by atoms with Gasteiger partial charge in [0.2, 0.25) is 0 Å². The van der Waals surface area contributed by atoms with E-state index in [-0.39, 0.29) is 36.6 Å². The predicted octanol–water partition coefficient (Wildman–Crippen LogP) is 3.70. The zero-order chi connectivity index (χ0) is 23.4. The van der Waals surface area contributed by atoms with Gasteiger partial charge in [0.25, 0.3) is 6.01 Å². The number of aromatic nitrogens is 3. The van der Waals surface area contributed by atoms with Crippen LogP contribution in [0.2, 0.25) is 5.02 Å². The molecule has 2 aliphatic rings. The van der Waals surface area contributed by atoms with Crippen LogP contribution in [0.5, 0.6) is 11.8 Å².